The van der Waals surface area contributed by atoms with E-state index in [9.17, 15) is 13.2 Å². The molecule has 0 aliphatic rings. The summed E-state index contributed by atoms with van der Waals surface area (Å²) in [5.74, 6) is -0.249. The molecule has 1 aromatic heterocycles. The Morgan fingerprint density at radius 1 is 0.939 bits per heavy atom. The van der Waals surface area contributed by atoms with Crippen LogP contribution in [0.1, 0.15) is 35.3 Å². The zero-order valence-electron chi connectivity index (χ0n) is 18.5. The highest BCUT2D eigenvalue weighted by Gasteiger charge is 2.13. The van der Waals surface area contributed by atoms with Gasteiger partial charge >= 0.3 is 0 Å². The maximum absolute atomic E-state index is 12.6. The average molecular weight is 463 g/mol. The molecule has 0 radical (unpaired) electrons. The lowest BCUT2D eigenvalue weighted by molar-refractivity contribution is 0.0951. The summed E-state index contributed by atoms with van der Waals surface area (Å²) in [6.07, 6.45) is 1.77. The Morgan fingerprint density at radius 3 is 2.30 bits per heavy atom. The second-order valence-electron chi connectivity index (χ2n) is 8.18. The van der Waals surface area contributed by atoms with Crippen LogP contribution in [0.2, 0.25) is 0 Å². The zero-order chi connectivity index (χ0) is 23.4. The van der Waals surface area contributed by atoms with Crippen molar-refractivity contribution in [2.75, 3.05) is 0 Å². The molecule has 0 unspecified atom stereocenters. The van der Waals surface area contributed by atoms with Crippen molar-refractivity contribution in [2.24, 2.45) is 0 Å². The van der Waals surface area contributed by atoms with Crippen LogP contribution in [0.25, 0.3) is 16.7 Å². The molecule has 0 atom stereocenters. The first-order valence-electron chi connectivity index (χ1n) is 10.7. The van der Waals surface area contributed by atoms with Crippen LogP contribution in [0.5, 0.6) is 0 Å². The van der Waals surface area contributed by atoms with Gasteiger partial charge in [-0.05, 0) is 61.4 Å². The second-order valence-corrected chi connectivity index (χ2v) is 9.93. The molecule has 0 fully saturated rings. The van der Waals surface area contributed by atoms with E-state index < -0.39 is 10.0 Å². The fourth-order valence-electron chi connectivity index (χ4n) is 3.60. The third kappa shape index (κ3) is 5.66. The first kappa shape index (κ1) is 22.7. The molecule has 1 amide bonds. The average Bonchev–Trinajstić information content (AvgIpc) is 3.21. The number of fused-ring (bicyclic) bond motifs is 1. The molecule has 0 aliphatic carbocycles. The number of hydrogen-bond acceptors (Lipinski definition) is 4. The minimum atomic E-state index is -3.37. The number of imidazole rings is 1. The van der Waals surface area contributed by atoms with E-state index in [2.05, 4.69) is 15.0 Å². The maximum atomic E-state index is 12.6. The Kier molecular flexibility index (Phi) is 6.57. The van der Waals surface area contributed by atoms with Crippen LogP contribution in [0, 0.1) is 0 Å². The van der Waals surface area contributed by atoms with Crippen LogP contribution < -0.4 is 10.0 Å². The summed E-state index contributed by atoms with van der Waals surface area (Å²) in [6.45, 7) is 3.93. The van der Waals surface area contributed by atoms with E-state index in [0.29, 0.717) is 17.7 Å². The van der Waals surface area contributed by atoms with Crippen molar-refractivity contribution in [3.8, 4) is 5.69 Å². The van der Waals surface area contributed by atoms with Crippen molar-refractivity contribution in [1.29, 1.82) is 0 Å². The molecule has 0 saturated carbocycles. The second kappa shape index (κ2) is 9.56. The summed E-state index contributed by atoms with van der Waals surface area (Å²) >= 11 is 0. The number of hydrogen-bond donors (Lipinski definition) is 2. The van der Waals surface area contributed by atoms with E-state index in [1.54, 1.807) is 44.4 Å². The molecule has 0 saturated heterocycles. The van der Waals surface area contributed by atoms with E-state index in [0.717, 1.165) is 22.3 Å². The smallest absolute Gasteiger partial charge is 0.251 e. The summed E-state index contributed by atoms with van der Waals surface area (Å²) in [5, 5.41) is 2.90. The lowest BCUT2D eigenvalue weighted by Gasteiger charge is -2.10. The van der Waals surface area contributed by atoms with Gasteiger partial charge in [0.15, 0.2) is 0 Å². The third-order valence-electron chi connectivity index (χ3n) is 5.11. The minimum Gasteiger partial charge on any atom is -0.348 e. The molecule has 0 bridgehead atoms. The number of nitrogens with zero attached hydrogens (tertiary/aromatic N) is 2. The normalized spacial score (nSPS) is 11.7. The summed E-state index contributed by atoms with van der Waals surface area (Å²) in [6, 6.07) is 22.3. The largest absolute Gasteiger partial charge is 0.348 e. The SMILES string of the molecule is CC(C)NS(=O)(=O)Cc1ccc(CNC(=O)c2ccc(-n3cnc4ccccc43)cc2)cc1. The fraction of sp³-hybridized carbons (Fsp3) is 0.200. The van der Waals surface area contributed by atoms with E-state index in [-0.39, 0.29) is 17.7 Å². The Balaban J connectivity index is 1.36. The van der Waals surface area contributed by atoms with Gasteiger partial charge in [-0.3, -0.25) is 9.36 Å². The lowest BCUT2D eigenvalue weighted by atomic mass is 10.1. The predicted octanol–water partition coefficient (Wildman–Crippen LogP) is 3.78. The Hall–Kier alpha value is -3.49. The van der Waals surface area contributed by atoms with Crippen molar-refractivity contribution in [3.05, 3.63) is 95.8 Å². The van der Waals surface area contributed by atoms with Crippen LogP contribution in [0.15, 0.2) is 79.1 Å². The van der Waals surface area contributed by atoms with Crippen molar-refractivity contribution in [1.82, 2.24) is 19.6 Å². The van der Waals surface area contributed by atoms with E-state index in [4.69, 9.17) is 0 Å². The molecule has 4 aromatic rings. The predicted molar refractivity (Wildman–Crippen MR) is 130 cm³/mol. The molecule has 170 valence electrons. The number of carbonyl (C=O) groups excluding carboxylic acids is 1. The van der Waals surface area contributed by atoms with Crippen molar-refractivity contribution in [2.45, 2.75) is 32.2 Å². The van der Waals surface area contributed by atoms with Gasteiger partial charge < -0.3 is 5.32 Å². The first-order chi connectivity index (χ1) is 15.8. The summed E-state index contributed by atoms with van der Waals surface area (Å²) < 4.78 is 28.7. The number of rotatable bonds is 8. The van der Waals surface area contributed by atoms with Gasteiger partial charge in [-0.1, -0.05) is 36.4 Å². The number of benzene rings is 3. The van der Waals surface area contributed by atoms with Crippen LogP contribution >= 0.6 is 0 Å². The lowest BCUT2D eigenvalue weighted by Crippen LogP contribution is -2.31. The molecule has 4 rings (SSSR count). The summed E-state index contributed by atoms with van der Waals surface area (Å²) in [5.41, 5.74) is 5.00. The molecular weight excluding hydrogens is 436 g/mol. The first-order valence-corrected chi connectivity index (χ1v) is 12.3. The van der Waals surface area contributed by atoms with E-state index in [1.807, 2.05) is 53.1 Å². The van der Waals surface area contributed by atoms with Gasteiger partial charge in [-0.25, -0.2) is 18.1 Å². The van der Waals surface area contributed by atoms with Crippen LogP contribution in [-0.2, 0) is 22.3 Å². The molecule has 2 N–H and O–H groups in total. The molecule has 3 aromatic carbocycles. The van der Waals surface area contributed by atoms with E-state index >= 15 is 0 Å². The van der Waals surface area contributed by atoms with Crippen LogP contribution in [0.4, 0.5) is 0 Å². The quantitative estimate of drug-likeness (QED) is 0.417. The number of para-hydroxylation sites is 2. The van der Waals surface area contributed by atoms with Crippen molar-refractivity contribution >= 4 is 27.0 Å². The number of amides is 1. The summed E-state index contributed by atoms with van der Waals surface area (Å²) in [7, 11) is -3.37. The Labute approximate surface area is 193 Å². The topological polar surface area (TPSA) is 93.1 Å². The van der Waals surface area contributed by atoms with Gasteiger partial charge in [0.25, 0.3) is 5.91 Å². The Bertz CT molecular complexity index is 1360. The van der Waals surface area contributed by atoms with Gasteiger partial charge in [-0.2, -0.15) is 0 Å². The molecule has 1 heterocycles. The summed E-state index contributed by atoms with van der Waals surface area (Å²) in [4.78, 5) is 17.0. The highest BCUT2D eigenvalue weighted by Crippen LogP contribution is 2.18. The number of nitrogens with one attached hydrogen (secondary N) is 2. The highest BCUT2D eigenvalue weighted by molar-refractivity contribution is 7.88. The standard InChI is InChI=1S/C25H26N4O3S/c1-18(2)28-33(31,32)16-20-9-7-19(8-10-20)15-26-25(30)21-11-13-22(14-12-21)29-17-27-23-5-3-4-6-24(23)29/h3-14,17-18,28H,15-16H2,1-2H3,(H,26,30). The van der Waals surface area contributed by atoms with Crippen LogP contribution in [-0.4, -0.2) is 29.9 Å². The fourth-order valence-corrected chi connectivity index (χ4v) is 5.03. The van der Waals surface area contributed by atoms with Crippen molar-refractivity contribution in [3.63, 3.8) is 0 Å². The number of carbonyl (C=O) groups is 1. The monoisotopic (exact) mass is 462 g/mol. The van der Waals surface area contributed by atoms with Gasteiger partial charge in [0, 0.05) is 23.8 Å². The molecule has 0 aliphatic heterocycles. The van der Waals surface area contributed by atoms with E-state index in [1.165, 1.54) is 0 Å². The van der Waals surface area contributed by atoms with Gasteiger partial charge in [0.05, 0.1) is 16.8 Å². The minimum absolute atomic E-state index is 0.0730. The number of sulfonamides is 1. The Morgan fingerprint density at radius 2 is 1.61 bits per heavy atom. The van der Waals surface area contributed by atoms with Gasteiger partial charge in [-0.15, -0.1) is 0 Å². The molecule has 7 nitrogen and oxygen atoms in total. The zero-order valence-corrected chi connectivity index (χ0v) is 19.3. The highest BCUT2D eigenvalue weighted by atomic mass is 32.2. The van der Waals surface area contributed by atoms with Crippen LogP contribution in [0.3, 0.4) is 0 Å². The number of aromatic nitrogens is 2. The molecule has 33 heavy (non-hydrogen) atoms. The van der Waals surface area contributed by atoms with Crippen molar-refractivity contribution < 1.29 is 13.2 Å². The van der Waals surface area contributed by atoms with Gasteiger partial charge in [0.1, 0.15) is 6.33 Å². The van der Waals surface area contributed by atoms with Gasteiger partial charge in [0.2, 0.25) is 10.0 Å². The maximum Gasteiger partial charge on any atom is 0.251 e. The third-order valence-corrected chi connectivity index (χ3v) is 6.65. The molecule has 8 heteroatoms. The molecular formula is C25H26N4O3S. The molecule has 0 spiro atoms.